The minimum atomic E-state index is -4.85. The fraction of sp³-hybridized carbons (Fsp3) is 0.333. The Hall–Kier alpha value is -4.83. The average Bonchev–Trinajstić information content (AvgIpc) is 3.44. The second-order valence-electron chi connectivity index (χ2n) is 10.4. The van der Waals surface area contributed by atoms with Crippen molar-refractivity contribution in [1.82, 2.24) is 29.6 Å². The lowest BCUT2D eigenvalue weighted by Crippen LogP contribution is -2.56. The lowest BCUT2D eigenvalue weighted by atomic mass is 9.85. The molecule has 2 fully saturated rings. The Balaban J connectivity index is 1.34. The number of hydrogen-bond donors (Lipinski definition) is 0. The number of anilines is 2. The van der Waals surface area contributed by atoms with Crippen molar-refractivity contribution in [2.75, 3.05) is 22.9 Å². The summed E-state index contributed by atoms with van der Waals surface area (Å²) in [5, 5.41) is 3.89. The predicted molar refractivity (Wildman–Crippen MR) is 140 cm³/mol. The molecule has 10 nitrogen and oxygen atoms in total. The quantitative estimate of drug-likeness (QED) is 0.225. The van der Waals surface area contributed by atoms with Crippen LogP contribution in [0.3, 0.4) is 0 Å². The minimum absolute atomic E-state index is 0.0293. The van der Waals surface area contributed by atoms with Crippen LogP contribution in [0.1, 0.15) is 24.1 Å². The molecule has 6 rings (SSSR count). The summed E-state index contributed by atoms with van der Waals surface area (Å²) in [5.74, 6) is -2.35. The van der Waals surface area contributed by atoms with Crippen molar-refractivity contribution in [2.45, 2.75) is 44.1 Å². The first-order valence-electron chi connectivity index (χ1n) is 13.2. The van der Waals surface area contributed by atoms with E-state index in [1.165, 1.54) is 12.4 Å². The summed E-state index contributed by atoms with van der Waals surface area (Å²) in [6, 6.07) is 3.33. The number of carbonyl (C=O) groups excluding carboxylic acids is 2. The molecule has 0 aliphatic carbocycles. The van der Waals surface area contributed by atoms with Gasteiger partial charge in [0, 0.05) is 31.9 Å². The molecule has 0 unspecified atom stereocenters. The molecule has 44 heavy (non-hydrogen) atoms. The van der Waals surface area contributed by atoms with Crippen molar-refractivity contribution in [2.24, 2.45) is 0 Å². The number of carbonyl (C=O) groups is 2. The summed E-state index contributed by atoms with van der Waals surface area (Å²) >= 11 is 0. The van der Waals surface area contributed by atoms with Gasteiger partial charge < -0.3 is 9.80 Å². The molecule has 2 aliphatic heterocycles. The van der Waals surface area contributed by atoms with Gasteiger partial charge >= 0.3 is 12.2 Å². The predicted octanol–water partition coefficient (Wildman–Crippen LogP) is 4.79. The second-order valence-corrected chi connectivity index (χ2v) is 10.4. The number of nitrogens with zero attached hydrogens (tertiary/aromatic N) is 8. The number of fused-ring (bicyclic) bond motifs is 1. The molecular formula is C27H21F7N8O2. The van der Waals surface area contributed by atoms with E-state index in [0.29, 0.717) is 28.4 Å². The average molecular weight is 623 g/mol. The van der Waals surface area contributed by atoms with Crippen molar-refractivity contribution in [1.29, 1.82) is 0 Å². The maximum absolute atomic E-state index is 14.0. The van der Waals surface area contributed by atoms with Gasteiger partial charge in [0.2, 0.25) is 0 Å². The normalized spacial score (nSPS) is 17.1. The highest BCUT2D eigenvalue weighted by atomic mass is 19.4. The van der Waals surface area contributed by atoms with Gasteiger partial charge in [-0.1, -0.05) is 0 Å². The lowest BCUT2D eigenvalue weighted by molar-refractivity contribution is -0.141. The number of benzene rings is 1. The van der Waals surface area contributed by atoms with E-state index >= 15 is 0 Å². The number of halogens is 7. The zero-order valence-corrected chi connectivity index (χ0v) is 22.5. The van der Waals surface area contributed by atoms with E-state index in [0.717, 1.165) is 34.0 Å². The molecule has 0 saturated carbocycles. The summed E-state index contributed by atoms with van der Waals surface area (Å²) in [6.45, 7) is -0.925. The van der Waals surface area contributed by atoms with Gasteiger partial charge in [-0.2, -0.15) is 18.3 Å². The standard InChI is InChI=1S/C27H21F7N8O2/c28-16-7-15(8-17(29)9-16)13-40-25(44)42(18-1-4-35-20(10-18)27(32,33)34)24(43)26(40)2-5-39(6-3-26)22-12-36-19-11-37-41(14-21(30)31)23(19)38-22/h1,4,7-12,21H,2-3,5-6,13-14H2. The number of aromatic nitrogens is 5. The van der Waals surface area contributed by atoms with Gasteiger partial charge in [-0.3, -0.25) is 9.78 Å². The third-order valence-electron chi connectivity index (χ3n) is 7.65. The molecule has 3 amide bonds. The number of amides is 3. The van der Waals surface area contributed by atoms with Crippen LogP contribution in [0.15, 0.2) is 48.9 Å². The summed E-state index contributed by atoms with van der Waals surface area (Å²) < 4.78 is 95.3. The first kappa shape index (κ1) is 29.3. The first-order valence-corrected chi connectivity index (χ1v) is 13.2. The smallest absolute Gasteiger partial charge is 0.355 e. The number of alkyl halides is 5. The Bertz CT molecular complexity index is 1730. The lowest BCUT2D eigenvalue weighted by Gasteiger charge is -2.42. The van der Waals surface area contributed by atoms with Crippen LogP contribution in [0.25, 0.3) is 11.2 Å². The van der Waals surface area contributed by atoms with Gasteiger partial charge in [0.25, 0.3) is 12.3 Å². The number of rotatable bonds is 6. The number of pyridine rings is 1. The van der Waals surface area contributed by atoms with Crippen molar-refractivity contribution < 1.29 is 40.3 Å². The van der Waals surface area contributed by atoms with E-state index in [1.54, 1.807) is 4.90 Å². The molecule has 5 heterocycles. The van der Waals surface area contributed by atoms with Gasteiger partial charge in [-0.15, -0.1) is 0 Å². The van der Waals surface area contributed by atoms with Crippen LogP contribution in [0.5, 0.6) is 0 Å². The molecule has 3 aromatic heterocycles. The van der Waals surface area contributed by atoms with E-state index in [2.05, 4.69) is 20.1 Å². The molecule has 0 N–H and O–H groups in total. The van der Waals surface area contributed by atoms with Crippen molar-refractivity contribution in [3.63, 3.8) is 0 Å². The van der Waals surface area contributed by atoms with Crippen LogP contribution in [0.2, 0.25) is 0 Å². The third-order valence-corrected chi connectivity index (χ3v) is 7.65. The van der Waals surface area contributed by atoms with Gasteiger partial charge in [0.05, 0.1) is 18.1 Å². The van der Waals surface area contributed by atoms with Crippen LogP contribution in [-0.2, 0) is 24.1 Å². The summed E-state index contributed by atoms with van der Waals surface area (Å²) in [6.07, 6.45) is -4.09. The molecule has 230 valence electrons. The van der Waals surface area contributed by atoms with Crippen molar-refractivity contribution in [3.05, 3.63) is 71.8 Å². The maximum atomic E-state index is 14.0. The van der Waals surface area contributed by atoms with Gasteiger partial charge in [-0.25, -0.2) is 41.9 Å². The Morgan fingerprint density at radius 1 is 0.955 bits per heavy atom. The maximum Gasteiger partial charge on any atom is 0.433 e. The highest BCUT2D eigenvalue weighted by Crippen LogP contribution is 2.42. The van der Waals surface area contributed by atoms with Gasteiger partial charge in [0.1, 0.15) is 40.7 Å². The molecule has 2 saturated heterocycles. The van der Waals surface area contributed by atoms with Crippen LogP contribution in [-0.4, -0.2) is 66.6 Å². The van der Waals surface area contributed by atoms with E-state index in [4.69, 9.17) is 0 Å². The van der Waals surface area contributed by atoms with E-state index in [-0.39, 0.29) is 42.8 Å². The fourth-order valence-electron chi connectivity index (χ4n) is 5.61. The zero-order valence-electron chi connectivity index (χ0n) is 22.5. The number of hydrogen-bond acceptors (Lipinski definition) is 7. The van der Waals surface area contributed by atoms with Crippen LogP contribution >= 0.6 is 0 Å². The summed E-state index contributed by atoms with van der Waals surface area (Å²) in [4.78, 5) is 43.1. The number of urea groups is 1. The minimum Gasteiger partial charge on any atom is -0.355 e. The molecule has 4 aromatic rings. The fourth-order valence-corrected chi connectivity index (χ4v) is 5.61. The van der Waals surface area contributed by atoms with Crippen molar-refractivity contribution in [3.8, 4) is 0 Å². The topological polar surface area (TPSA) is 100 Å². The van der Waals surface area contributed by atoms with E-state index in [1.807, 2.05) is 0 Å². The molecule has 1 aromatic carbocycles. The molecule has 0 bridgehead atoms. The van der Waals surface area contributed by atoms with E-state index in [9.17, 15) is 40.3 Å². The summed E-state index contributed by atoms with van der Waals surface area (Å²) in [7, 11) is 0. The van der Waals surface area contributed by atoms with Crippen LogP contribution in [0.4, 0.5) is 47.0 Å². The molecule has 0 atom stereocenters. The molecule has 0 radical (unpaired) electrons. The largest absolute Gasteiger partial charge is 0.433 e. The third kappa shape index (κ3) is 5.15. The van der Waals surface area contributed by atoms with Crippen LogP contribution in [0, 0.1) is 11.6 Å². The molecule has 2 aliphatic rings. The first-order chi connectivity index (χ1) is 20.9. The second kappa shape index (κ2) is 10.7. The highest BCUT2D eigenvalue weighted by Gasteiger charge is 2.58. The van der Waals surface area contributed by atoms with E-state index < -0.39 is 60.5 Å². The molecule has 17 heteroatoms. The highest BCUT2D eigenvalue weighted by molar-refractivity contribution is 6.23. The Morgan fingerprint density at radius 2 is 1.66 bits per heavy atom. The molecular weight excluding hydrogens is 601 g/mol. The SMILES string of the molecule is O=C1N(c2ccnc(C(F)(F)F)c2)C(=O)C2(CCN(c3cnc4cnn(CC(F)F)c4n3)CC2)N1Cc1cc(F)cc(F)c1. The summed E-state index contributed by atoms with van der Waals surface area (Å²) in [5.41, 5.74) is -2.83. The monoisotopic (exact) mass is 622 g/mol. The Labute approximate surface area is 243 Å². The Morgan fingerprint density at radius 3 is 2.32 bits per heavy atom. The van der Waals surface area contributed by atoms with Crippen molar-refractivity contribution >= 4 is 34.6 Å². The Kier molecular flexibility index (Phi) is 7.12. The molecule has 1 spiro atoms. The number of piperidine rings is 1. The zero-order chi connectivity index (χ0) is 31.4. The van der Waals surface area contributed by atoms with Gasteiger partial charge in [-0.05, 0) is 42.7 Å². The van der Waals surface area contributed by atoms with Gasteiger partial charge in [0.15, 0.2) is 5.65 Å². The number of imide groups is 1. The van der Waals surface area contributed by atoms with Crippen LogP contribution < -0.4 is 9.80 Å².